The highest BCUT2D eigenvalue weighted by atomic mass is 32.2. The first-order valence-electron chi connectivity index (χ1n) is 9.67. The van der Waals surface area contributed by atoms with Crippen LogP contribution in [0.3, 0.4) is 0 Å². The second-order valence-electron chi connectivity index (χ2n) is 6.81. The molecule has 0 bridgehead atoms. The maximum atomic E-state index is 13.0. The quantitative estimate of drug-likeness (QED) is 0.712. The van der Waals surface area contributed by atoms with Crippen molar-refractivity contribution in [3.63, 3.8) is 0 Å². The Hall–Kier alpha value is -2.58. The number of benzene rings is 2. The van der Waals surface area contributed by atoms with Crippen molar-refractivity contribution in [3.05, 3.63) is 48.0 Å². The van der Waals surface area contributed by atoms with E-state index in [0.29, 0.717) is 31.1 Å². The third-order valence-electron chi connectivity index (χ3n) is 4.66. The van der Waals surface area contributed by atoms with Crippen LogP contribution in [0.5, 0.6) is 11.5 Å². The molecule has 3 rings (SSSR count). The standard InChI is InChI=1S/C21H26N2O5S/c1-3-27-19-11-10-17(14-20(19)29(25,26)23-12-6-7-13-23)22-21(24)15-28-18-9-5-4-8-16(18)2/h4-5,8-11,14H,3,6-7,12-13,15H2,1-2H3,(H,22,24). The molecule has 1 N–H and O–H groups in total. The minimum Gasteiger partial charge on any atom is -0.492 e. The highest BCUT2D eigenvalue weighted by Crippen LogP contribution is 2.31. The molecule has 0 atom stereocenters. The largest absolute Gasteiger partial charge is 0.492 e. The zero-order valence-electron chi connectivity index (χ0n) is 16.7. The Bertz CT molecular complexity index is 969. The number of nitrogens with one attached hydrogen (secondary N) is 1. The van der Waals surface area contributed by atoms with Gasteiger partial charge in [-0.15, -0.1) is 0 Å². The van der Waals surface area contributed by atoms with Crippen molar-refractivity contribution in [1.82, 2.24) is 4.31 Å². The number of rotatable bonds is 8. The summed E-state index contributed by atoms with van der Waals surface area (Å²) in [5.41, 5.74) is 1.31. The fraction of sp³-hybridized carbons (Fsp3) is 0.381. The van der Waals surface area contributed by atoms with Crippen LogP contribution in [-0.4, -0.2) is 44.9 Å². The second-order valence-corrected chi connectivity index (χ2v) is 8.71. The van der Waals surface area contributed by atoms with Gasteiger partial charge in [0, 0.05) is 18.8 Å². The van der Waals surface area contributed by atoms with Gasteiger partial charge in [-0.3, -0.25) is 4.79 Å². The lowest BCUT2D eigenvalue weighted by atomic mass is 10.2. The van der Waals surface area contributed by atoms with E-state index in [9.17, 15) is 13.2 Å². The van der Waals surface area contributed by atoms with Crippen LogP contribution in [0.2, 0.25) is 0 Å². The van der Waals surface area contributed by atoms with Crippen molar-refractivity contribution in [3.8, 4) is 11.5 Å². The minimum absolute atomic E-state index is 0.0684. The van der Waals surface area contributed by atoms with Crippen molar-refractivity contribution in [2.45, 2.75) is 31.6 Å². The summed E-state index contributed by atoms with van der Waals surface area (Å²) >= 11 is 0. The Kier molecular flexibility index (Phi) is 6.76. The number of para-hydroxylation sites is 1. The molecule has 1 amide bonds. The summed E-state index contributed by atoms with van der Waals surface area (Å²) in [6, 6.07) is 12.1. The van der Waals surface area contributed by atoms with Crippen molar-refractivity contribution >= 4 is 21.6 Å². The van der Waals surface area contributed by atoms with E-state index in [1.54, 1.807) is 25.1 Å². The number of nitrogens with zero attached hydrogens (tertiary/aromatic N) is 1. The third-order valence-corrected chi connectivity index (χ3v) is 6.58. The van der Waals surface area contributed by atoms with Crippen molar-refractivity contribution in [2.24, 2.45) is 0 Å². The smallest absolute Gasteiger partial charge is 0.262 e. The summed E-state index contributed by atoms with van der Waals surface area (Å²) in [4.78, 5) is 12.4. The Labute approximate surface area is 171 Å². The van der Waals surface area contributed by atoms with E-state index >= 15 is 0 Å². The van der Waals surface area contributed by atoms with Crippen LogP contribution in [0, 0.1) is 6.92 Å². The molecule has 0 spiro atoms. The first-order chi connectivity index (χ1) is 13.9. The maximum Gasteiger partial charge on any atom is 0.262 e. The minimum atomic E-state index is -3.68. The van der Waals surface area contributed by atoms with Crippen LogP contribution in [-0.2, 0) is 14.8 Å². The van der Waals surface area contributed by atoms with Gasteiger partial charge in [0.2, 0.25) is 10.0 Å². The summed E-state index contributed by atoms with van der Waals surface area (Å²) in [5.74, 6) is 0.544. The molecule has 0 aliphatic carbocycles. The first-order valence-corrected chi connectivity index (χ1v) is 11.1. The van der Waals surface area contributed by atoms with Crippen molar-refractivity contribution in [2.75, 3.05) is 31.6 Å². The molecule has 1 fully saturated rings. The van der Waals surface area contributed by atoms with Crippen LogP contribution in [0.15, 0.2) is 47.4 Å². The number of anilines is 1. The van der Waals surface area contributed by atoms with Crippen molar-refractivity contribution in [1.29, 1.82) is 0 Å². The first kappa shape index (κ1) is 21.1. The maximum absolute atomic E-state index is 13.0. The lowest BCUT2D eigenvalue weighted by Gasteiger charge is -2.19. The van der Waals surface area contributed by atoms with Crippen LogP contribution in [0.1, 0.15) is 25.3 Å². The van der Waals surface area contributed by atoms with Gasteiger partial charge in [0.15, 0.2) is 6.61 Å². The second kappa shape index (κ2) is 9.28. The molecular weight excluding hydrogens is 392 g/mol. The molecule has 1 aliphatic heterocycles. The van der Waals surface area contributed by atoms with E-state index in [1.165, 1.54) is 10.4 Å². The summed E-state index contributed by atoms with van der Waals surface area (Å²) in [5, 5.41) is 2.70. The van der Waals surface area contributed by atoms with Gasteiger partial charge >= 0.3 is 0 Å². The van der Waals surface area contributed by atoms with Gasteiger partial charge in [-0.2, -0.15) is 4.31 Å². The molecule has 0 radical (unpaired) electrons. The molecule has 2 aromatic carbocycles. The zero-order chi connectivity index (χ0) is 20.9. The molecule has 1 heterocycles. The van der Waals surface area contributed by atoms with Gasteiger partial charge in [-0.05, 0) is 56.5 Å². The number of carbonyl (C=O) groups excluding carboxylic acids is 1. The van der Waals surface area contributed by atoms with Gasteiger partial charge in [-0.25, -0.2) is 8.42 Å². The normalized spacial score (nSPS) is 14.6. The number of hydrogen-bond acceptors (Lipinski definition) is 5. The summed E-state index contributed by atoms with van der Waals surface area (Å²) in [6.45, 7) is 4.86. The van der Waals surface area contributed by atoms with Crippen LogP contribution >= 0.6 is 0 Å². The number of hydrogen-bond donors (Lipinski definition) is 1. The van der Waals surface area contributed by atoms with E-state index in [0.717, 1.165) is 18.4 Å². The molecule has 0 unspecified atom stereocenters. The van der Waals surface area contributed by atoms with Gasteiger partial charge in [0.25, 0.3) is 5.91 Å². The van der Waals surface area contributed by atoms with Gasteiger partial charge in [0.1, 0.15) is 16.4 Å². The van der Waals surface area contributed by atoms with Gasteiger partial charge < -0.3 is 14.8 Å². The lowest BCUT2D eigenvalue weighted by molar-refractivity contribution is -0.118. The highest BCUT2D eigenvalue weighted by molar-refractivity contribution is 7.89. The average Bonchev–Trinajstić information content (AvgIpc) is 3.24. The molecule has 2 aromatic rings. The summed E-state index contributed by atoms with van der Waals surface area (Å²) in [6.07, 6.45) is 1.69. The fourth-order valence-electron chi connectivity index (χ4n) is 3.19. The molecule has 8 heteroatoms. The molecule has 29 heavy (non-hydrogen) atoms. The SMILES string of the molecule is CCOc1ccc(NC(=O)COc2ccccc2C)cc1S(=O)(=O)N1CCCC1. The monoisotopic (exact) mass is 418 g/mol. The molecular formula is C21H26N2O5S. The average molecular weight is 419 g/mol. The molecule has 156 valence electrons. The Morgan fingerprint density at radius 2 is 1.79 bits per heavy atom. The summed E-state index contributed by atoms with van der Waals surface area (Å²) < 4.78 is 38.6. The number of ether oxygens (including phenoxy) is 2. The Balaban J connectivity index is 1.76. The molecule has 1 aliphatic rings. The molecule has 0 aromatic heterocycles. The third kappa shape index (κ3) is 5.07. The molecule has 0 saturated carbocycles. The van der Waals surface area contributed by atoms with Crippen LogP contribution in [0.4, 0.5) is 5.69 Å². The zero-order valence-corrected chi connectivity index (χ0v) is 17.5. The lowest BCUT2D eigenvalue weighted by Crippen LogP contribution is -2.28. The number of sulfonamides is 1. The Morgan fingerprint density at radius 1 is 1.07 bits per heavy atom. The Morgan fingerprint density at radius 3 is 2.48 bits per heavy atom. The van der Waals surface area contributed by atoms with E-state index in [2.05, 4.69) is 5.32 Å². The van der Waals surface area contributed by atoms with Crippen LogP contribution < -0.4 is 14.8 Å². The van der Waals surface area contributed by atoms with Crippen LogP contribution in [0.25, 0.3) is 0 Å². The van der Waals surface area contributed by atoms with Gasteiger partial charge in [0.05, 0.1) is 6.61 Å². The van der Waals surface area contributed by atoms with E-state index in [-0.39, 0.29) is 23.2 Å². The number of aryl methyl sites for hydroxylation is 1. The fourth-order valence-corrected chi connectivity index (χ4v) is 4.86. The van der Waals surface area contributed by atoms with Gasteiger partial charge in [-0.1, -0.05) is 18.2 Å². The molecule has 1 saturated heterocycles. The topological polar surface area (TPSA) is 84.9 Å². The number of amides is 1. The predicted molar refractivity (Wildman–Crippen MR) is 111 cm³/mol. The van der Waals surface area contributed by atoms with E-state index in [1.807, 2.05) is 25.1 Å². The number of carbonyl (C=O) groups is 1. The van der Waals surface area contributed by atoms with E-state index in [4.69, 9.17) is 9.47 Å². The molecule has 7 nitrogen and oxygen atoms in total. The highest BCUT2D eigenvalue weighted by Gasteiger charge is 2.30. The van der Waals surface area contributed by atoms with E-state index < -0.39 is 10.0 Å². The predicted octanol–water partition coefficient (Wildman–Crippen LogP) is 3.20. The van der Waals surface area contributed by atoms with Crippen molar-refractivity contribution < 1.29 is 22.7 Å². The summed E-state index contributed by atoms with van der Waals surface area (Å²) in [7, 11) is -3.68.